The Morgan fingerprint density at radius 1 is 1.00 bits per heavy atom. The third-order valence-corrected chi connectivity index (χ3v) is 4.71. The van der Waals surface area contributed by atoms with Gasteiger partial charge in [-0.15, -0.1) is 17.0 Å². The van der Waals surface area contributed by atoms with Crippen molar-refractivity contribution >= 4 is 43.5 Å². The second-order valence-electron chi connectivity index (χ2n) is 4.92. The van der Waals surface area contributed by atoms with Crippen LogP contribution in [0.15, 0.2) is 48.7 Å². The van der Waals surface area contributed by atoms with E-state index in [1.807, 2.05) is 30.3 Å². The monoisotopic (exact) mass is 390 g/mol. The zero-order valence-electron chi connectivity index (χ0n) is 12.6. The molecule has 0 N–H and O–H groups in total. The Labute approximate surface area is 148 Å². The molecule has 2 heterocycles. The predicted molar refractivity (Wildman–Crippen MR) is 99.4 cm³/mol. The van der Waals surface area contributed by atoms with Crippen molar-refractivity contribution in [2.24, 2.45) is 0 Å². The van der Waals surface area contributed by atoms with E-state index in [2.05, 4.69) is 22.7 Å². The van der Waals surface area contributed by atoms with Crippen LogP contribution in [0.1, 0.15) is 0 Å². The molecule has 23 heavy (non-hydrogen) atoms. The Morgan fingerprint density at radius 2 is 1.78 bits per heavy atom. The van der Waals surface area contributed by atoms with E-state index in [9.17, 15) is 0 Å². The van der Waals surface area contributed by atoms with E-state index in [-0.39, 0.29) is 17.0 Å². The van der Waals surface area contributed by atoms with Gasteiger partial charge in [0.15, 0.2) is 16.5 Å². The van der Waals surface area contributed by atoms with Gasteiger partial charge in [-0.25, -0.2) is 4.98 Å². The second-order valence-corrected chi connectivity index (χ2v) is 5.93. The molecule has 6 heteroatoms. The minimum Gasteiger partial charge on any atom is -0.493 e. The average molecular weight is 391 g/mol. The number of ether oxygens (including phenoxy) is 2. The summed E-state index contributed by atoms with van der Waals surface area (Å²) < 4.78 is 14.0. The summed E-state index contributed by atoms with van der Waals surface area (Å²) in [6.07, 6.45) is 2.06. The molecule has 0 amide bonds. The van der Waals surface area contributed by atoms with E-state index >= 15 is 0 Å². The average Bonchev–Trinajstić information content (AvgIpc) is 3.12. The van der Waals surface area contributed by atoms with Crippen molar-refractivity contribution in [2.45, 2.75) is 0 Å². The maximum Gasteiger partial charge on any atom is 0.195 e. The fourth-order valence-corrected chi connectivity index (χ4v) is 3.59. The van der Waals surface area contributed by atoms with Crippen molar-refractivity contribution in [3.05, 3.63) is 48.7 Å². The molecule has 0 aliphatic heterocycles. The van der Waals surface area contributed by atoms with Crippen LogP contribution in [0.4, 0.5) is 0 Å². The molecule has 0 radical (unpaired) electrons. The van der Waals surface area contributed by atoms with Gasteiger partial charge in [0, 0.05) is 11.8 Å². The fraction of sp³-hybridized carbons (Fsp3) is 0.118. The summed E-state index contributed by atoms with van der Waals surface area (Å²) in [5, 5.41) is 0. The van der Waals surface area contributed by atoms with E-state index in [0.717, 1.165) is 22.0 Å². The number of rotatable bonds is 3. The van der Waals surface area contributed by atoms with Crippen molar-refractivity contribution in [3.63, 3.8) is 0 Å². The first kappa shape index (κ1) is 15.8. The van der Waals surface area contributed by atoms with Crippen LogP contribution in [0, 0.1) is 0 Å². The Hall–Kier alpha value is -2.05. The van der Waals surface area contributed by atoms with Gasteiger partial charge in [0.1, 0.15) is 0 Å². The lowest BCUT2D eigenvalue weighted by molar-refractivity contribution is 0.355. The standard InChI is InChI=1S/C17H14N2O2S.BrH/c1-20-14-8-7-11(9-15(14)21-2)12-10-19-13-5-3-4-6-16(13)22-17(19)18-12;/h3-10H,1-2H3;1H. The Balaban J connectivity index is 0.00000156. The zero-order valence-corrected chi connectivity index (χ0v) is 15.2. The highest BCUT2D eigenvalue weighted by Gasteiger charge is 2.12. The number of hydrogen-bond donors (Lipinski definition) is 0. The summed E-state index contributed by atoms with van der Waals surface area (Å²) >= 11 is 1.69. The first-order chi connectivity index (χ1) is 10.8. The second kappa shape index (κ2) is 6.22. The fourth-order valence-electron chi connectivity index (χ4n) is 2.58. The molecule has 0 spiro atoms. The SMILES string of the molecule is Br.COc1ccc(-c2cn3c(n2)sc2ccccc23)cc1OC. The molecule has 0 unspecified atom stereocenters. The summed E-state index contributed by atoms with van der Waals surface area (Å²) in [7, 11) is 3.27. The minimum atomic E-state index is 0. The van der Waals surface area contributed by atoms with Crippen molar-refractivity contribution in [3.8, 4) is 22.8 Å². The smallest absolute Gasteiger partial charge is 0.195 e. The molecule has 2 aromatic heterocycles. The molecule has 4 nitrogen and oxygen atoms in total. The summed E-state index contributed by atoms with van der Waals surface area (Å²) in [4.78, 5) is 5.73. The largest absolute Gasteiger partial charge is 0.493 e. The number of aromatic nitrogens is 2. The number of para-hydroxylation sites is 1. The summed E-state index contributed by atoms with van der Waals surface area (Å²) in [6, 6.07) is 14.2. The summed E-state index contributed by atoms with van der Waals surface area (Å²) in [6.45, 7) is 0. The number of hydrogen-bond acceptors (Lipinski definition) is 4. The van der Waals surface area contributed by atoms with Gasteiger partial charge in [0.2, 0.25) is 0 Å². The molecule has 0 bridgehead atoms. The van der Waals surface area contributed by atoms with Crippen LogP contribution in [0.5, 0.6) is 11.5 Å². The predicted octanol–water partition coefficient (Wildman–Crippen LogP) is 4.81. The normalized spacial score (nSPS) is 10.7. The van der Waals surface area contributed by atoms with E-state index in [0.29, 0.717) is 5.75 Å². The number of imidazole rings is 1. The lowest BCUT2D eigenvalue weighted by atomic mass is 10.1. The molecule has 0 aliphatic rings. The Morgan fingerprint density at radius 3 is 2.57 bits per heavy atom. The van der Waals surface area contributed by atoms with Crippen LogP contribution in [0.2, 0.25) is 0 Å². The molecule has 0 atom stereocenters. The highest BCUT2D eigenvalue weighted by Crippen LogP contribution is 2.34. The van der Waals surface area contributed by atoms with Gasteiger partial charge >= 0.3 is 0 Å². The molecule has 0 saturated carbocycles. The maximum atomic E-state index is 5.37. The number of nitrogens with zero attached hydrogens (tertiary/aromatic N) is 2. The number of fused-ring (bicyclic) bond motifs is 3. The van der Waals surface area contributed by atoms with Crippen molar-refractivity contribution in [2.75, 3.05) is 14.2 Å². The summed E-state index contributed by atoms with van der Waals surface area (Å²) in [5.74, 6) is 1.43. The van der Waals surface area contributed by atoms with Crippen LogP contribution in [-0.2, 0) is 0 Å². The van der Waals surface area contributed by atoms with Gasteiger partial charge in [-0.1, -0.05) is 23.5 Å². The lowest BCUT2D eigenvalue weighted by Crippen LogP contribution is -1.90. The molecule has 0 saturated heterocycles. The molecule has 2 aromatic carbocycles. The number of methoxy groups -OCH3 is 2. The number of thiazole rings is 1. The van der Waals surface area contributed by atoms with Crippen LogP contribution in [0.25, 0.3) is 26.4 Å². The van der Waals surface area contributed by atoms with E-state index in [4.69, 9.17) is 14.5 Å². The first-order valence-corrected chi connectivity index (χ1v) is 7.71. The quantitative estimate of drug-likeness (QED) is 0.503. The van der Waals surface area contributed by atoms with Gasteiger partial charge in [-0.3, -0.25) is 4.40 Å². The van der Waals surface area contributed by atoms with Crippen LogP contribution in [-0.4, -0.2) is 23.6 Å². The Bertz CT molecular complexity index is 977. The topological polar surface area (TPSA) is 35.8 Å². The highest BCUT2D eigenvalue weighted by atomic mass is 79.9. The van der Waals surface area contributed by atoms with Crippen LogP contribution < -0.4 is 9.47 Å². The molecule has 0 fully saturated rings. The van der Waals surface area contributed by atoms with Gasteiger partial charge in [0.05, 0.1) is 30.1 Å². The van der Waals surface area contributed by atoms with E-state index in [1.54, 1.807) is 25.6 Å². The van der Waals surface area contributed by atoms with E-state index in [1.165, 1.54) is 10.2 Å². The number of benzene rings is 2. The van der Waals surface area contributed by atoms with E-state index < -0.39 is 0 Å². The van der Waals surface area contributed by atoms with Gasteiger partial charge < -0.3 is 9.47 Å². The Kier molecular flexibility index (Phi) is 4.28. The van der Waals surface area contributed by atoms with Crippen molar-refractivity contribution < 1.29 is 9.47 Å². The molecule has 4 rings (SSSR count). The summed E-state index contributed by atoms with van der Waals surface area (Å²) in [5.41, 5.74) is 3.12. The molecular formula is C17H15BrN2O2S. The maximum absolute atomic E-state index is 5.37. The van der Waals surface area contributed by atoms with Crippen molar-refractivity contribution in [1.29, 1.82) is 0 Å². The van der Waals surface area contributed by atoms with Gasteiger partial charge in [0.25, 0.3) is 0 Å². The third kappa shape index (κ3) is 2.58. The zero-order chi connectivity index (χ0) is 15.1. The highest BCUT2D eigenvalue weighted by molar-refractivity contribution is 8.93. The minimum absolute atomic E-state index is 0. The van der Waals surface area contributed by atoms with Crippen LogP contribution in [0.3, 0.4) is 0 Å². The van der Waals surface area contributed by atoms with Gasteiger partial charge in [-0.2, -0.15) is 0 Å². The number of halogens is 1. The third-order valence-electron chi connectivity index (χ3n) is 3.68. The molecule has 0 aliphatic carbocycles. The van der Waals surface area contributed by atoms with Crippen LogP contribution >= 0.6 is 28.3 Å². The molecule has 4 aromatic rings. The molecule has 118 valence electrons. The molecular weight excluding hydrogens is 376 g/mol. The van der Waals surface area contributed by atoms with Crippen molar-refractivity contribution in [1.82, 2.24) is 9.38 Å². The lowest BCUT2D eigenvalue weighted by Gasteiger charge is -2.08. The van der Waals surface area contributed by atoms with Gasteiger partial charge in [-0.05, 0) is 30.3 Å². The first-order valence-electron chi connectivity index (χ1n) is 6.89.